The molecule has 2 unspecified atom stereocenters. The van der Waals surface area contributed by atoms with Gasteiger partial charge in [0.2, 0.25) is 0 Å². The van der Waals surface area contributed by atoms with Crippen LogP contribution >= 0.6 is 0 Å². The molecule has 1 heteroatoms. The van der Waals surface area contributed by atoms with Gasteiger partial charge in [-0.2, -0.15) is 0 Å². The van der Waals surface area contributed by atoms with Crippen LogP contribution < -0.4 is 5.32 Å². The van der Waals surface area contributed by atoms with Gasteiger partial charge in [-0.05, 0) is 24.7 Å². The minimum absolute atomic E-state index is 0.600. The van der Waals surface area contributed by atoms with Crippen LogP contribution in [0, 0.1) is 5.41 Å². The molecule has 0 aromatic heterocycles. The zero-order valence-corrected chi connectivity index (χ0v) is 6.28. The number of hydrogen-bond acceptors (Lipinski definition) is 1. The smallest absolute Gasteiger partial charge is 0.0122 e. The summed E-state index contributed by atoms with van der Waals surface area (Å²) in [6.45, 7) is 4.76. The summed E-state index contributed by atoms with van der Waals surface area (Å²) in [5.41, 5.74) is 0.600. The lowest BCUT2D eigenvalue weighted by Crippen LogP contribution is -2.29. The van der Waals surface area contributed by atoms with E-state index in [-0.39, 0.29) is 0 Å². The van der Waals surface area contributed by atoms with Crippen molar-refractivity contribution in [2.75, 3.05) is 0 Å². The van der Waals surface area contributed by atoms with Gasteiger partial charge >= 0.3 is 0 Å². The minimum Gasteiger partial charge on any atom is -0.311 e. The Hall–Kier alpha value is -0.0400. The number of fused-ring (bicyclic) bond motifs is 2. The zero-order valence-electron chi connectivity index (χ0n) is 6.28. The Balaban J connectivity index is 2.18. The molecule has 2 fully saturated rings. The summed E-state index contributed by atoms with van der Waals surface area (Å²) in [7, 11) is 0. The van der Waals surface area contributed by atoms with E-state index in [2.05, 4.69) is 19.2 Å². The molecule has 1 N–H and O–H groups in total. The summed E-state index contributed by atoms with van der Waals surface area (Å²) >= 11 is 0. The highest BCUT2D eigenvalue weighted by molar-refractivity contribution is 5.02. The molecule has 9 heavy (non-hydrogen) atoms. The van der Waals surface area contributed by atoms with E-state index in [4.69, 9.17) is 0 Å². The van der Waals surface area contributed by atoms with Gasteiger partial charge in [0.25, 0.3) is 0 Å². The van der Waals surface area contributed by atoms with Crippen LogP contribution in [0.1, 0.15) is 33.1 Å². The van der Waals surface area contributed by atoms with E-state index in [1.807, 2.05) is 0 Å². The molecule has 2 saturated heterocycles. The first-order valence-corrected chi connectivity index (χ1v) is 3.94. The summed E-state index contributed by atoms with van der Waals surface area (Å²) in [5, 5.41) is 3.62. The van der Waals surface area contributed by atoms with Crippen molar-refractivity contribution < 1.29 is 0 Å². The lowest BCUT2D eigenvalue weighted by molar-refractivity contribution is 0.280. The van der Waals surface area contributed by atoms with Crippen molar-refractivity contribution in [2.24, 2.45) is 5.41 Å². The summed E-state index contributed by atoms with van der Waals surface area (Å²) < 4.78 is 0. The molecule has 2 aliphatic rings. The second-order valence-electron chi connectivity index (χ2n) is 4.19. The van der Waals surface area contributed by atoms with Crippen molar-refractivity contribution >= 4 is 0 Å². The molecule has 0 aliphatic carbocycles. The van der Waals surface area contributed by atoms with Crippen LogP contribution in [0.4, 0.5) is 0 Å². The van der Waals surface area contributed by atoms with Gasteiger partial charge in [-0.1, -0.05) is 13.8 Å². The first kappa shape index (κ1) is 5.72. The monoisotopic (exact) mass is 125 g/mol. The first-order valence-electron chi connectivity index (χ1n) is 3.94. The van der Waals surface area contributed by atoms with Crippen molar-refractivity contribution in [3.63, 3.8) is 0 Å². The third kappa shape index (κ3) is 0.710. The fraction of sp³-hybridized carbons (Fsp3) is 1.00. The molecular weight excluding hydrogens is 110 g/mol. The van der Waals surface area contributed by atoms with Crippen LogP contribution in [-0.4, -0.2) is 12.1 Å². The lowest BCUT2D eigenvalue weighted by Gasteiger charge is -2.27. The Labute approximate surface area is 56.8 Å². The maximum absolute atomic E-state index is 3.62. The number of rotatable bonds is 0. The van der Waals surface area contributed by atoms with Crippen LogP contribution in [0.15, 0.2) is 0 Å². The van der Waals surface area contributed by atoms with Crippen molar-refractivity contribution in [1.82, 2.24) is 5.32 Å². The minimum atomic E-state index is 0.600. The Kier molecular flexibility index (Phi) is 0.963. The van der Waals surface area contributed by atoms with Gasteiger partial charge < -0.3 is 5.32 Å². The van der Waals surface area contributed by atoms with Gasteiger partial charge in [0.15, 0.2) is 0 Å². The molecule has 2 aliphatic heterocycles. The molecule has 2 bridgehead atoms. The maximum atomic E-state index is 3.62. The van der Waals surface area contributed by atoms with E-state index in [0.717, 1.165) is 12.1 Å². The highest BCUT2D eigenvalue weighted by Gasteiger charge is 2.44. The third-order valence-electron chi connectivity index (χ3n) is 2.96. The van der Waals surface area contributed by atoms with Gasteiger partial charge in [0.1, 0.15) is 0 Å². The Morgan fingerprint density at radius 1 is 1.33 bits per heavy atom. The second-order valence-corrected chi connectivity index (χ2v) is 4.19. The molecule has 2 rings (SSSR count). The van der Waals surface area contributed by atoms with Crippen molar-refractivity contribution in [1.29, 1.82) is 0 Å². The van der Waals surface area contributed by atoms with Crippen molar-refractivity contribution in [3.8, 4) is 0 Å². The summed E-state index contributed by atoms with van der Waals surface area (Å²) in [6, 6.07) is 1.70. The quantitative estimate of drug-likeness (QED) is 0.518. The molecule has 0 aromatic carbocycles. The van der Waals surface area contributed by atoms with E-state index >= 15 is 0 Å². The molecule has 0 amide bonds. The lowest BCUT2D eigenvalue weighted by atomic mass is 9.77. The third-order valence-corrected chi connectivity index (χ3v) is 2.96. The van der Waals surface area contributed by atoms with Gasteiger partial charge in [0.05, 0.1) is 0 Å². The van der Waals surface area contributed by atoms with Crippen LogP contribution in [0.3, 0.4) is 0 Å². The van der Waals surface area contributed by atoms with E-state index in [1.165, 1.54) is 19.3 Å². The summed E-state index contributed by atoms with van der Waals surface area (Å²) in [6.07, 6.45) is 4.24. The molecule has 52 valence electrons. The predicted molar refractivity (Wildman–Crippen MR) is 38.3 cm³/mol. The van der Waals surface area contributed by atoms with Crippen molar-refractivity contribution in [3.05, 3.63) is 0 Å². The highest BCUT2D eigenvalue weighted by Crippen LogP contribution is 2.42. The van der Waals surface area contributed by atoms with Crippen LogP contribution in [-0.2, 0) is 0 Å². The molecule has 2 heterocycles. The molecule has 1 nitrogen and oxygen atoms in total. The number of nitrogens with one attached hydrogen (secondary N) is 1. The number of hydrogen-bond donors (Lipinski definition) is 1. The summed E-state index contributed by atoms with van der Waals surface area (Å²) in [5.74, 6) is 0. The highest BCUT2D eigenvalue weighted by atomic mass is 15.0. The average molecular weight is 125 g/mol. The van der Waals surface area contributed by atoms with Gasteiger partial charge in [-0.25, -0.2) is 0 Å². The normalized spacial score (nSPS) is 46.0. The van der Waals surface area contributed by atoms with Crippen LogP contribution in [0.2, 0.25) is 0 Å². The average Bonchev–Trinajstić information content (AvgIpc) is 2.19. The van der Waals surface area contributed by atoms with Crippen molar-refractivity contribution in [2.45, 2.75) is 45.2 Å². The van der Waals surface area contributed by atoms with Gasteiger partial charge in [0, 0.05) is 12.1 Å². The largest absolute Gasteiger partial charge is 0.311 e. The summed E-state index contributed by atoms with van der Waals surface area (Å²) in [4.78, 5) is 0. The molecule has 0 aromatic rings. The van der Waals surface area contributed by atoms with Crippen LogP contribution in [0.5, 0.6) is 0 Å². The second kappa shape index (κ2) is 1.51. The Morgan fingerprint density at radius 3 is 2.33 bits per heavy atom. The van der Waals surface area contributed by atoms with E-state index in [1.54, 1.807) is 0 Å². The SMILES string of the molecule is CC1(C)CC2CCC1N2. The standard InChI is InChI=1S/C8H15N/c1-8(2)5-6-3-4-7(8)9-6/h6-7,9H,3-5H2,1-2H3. The first-order chi connectivity index (χ1) is 4.18. The molecule has 0 spiro atoms. The fourth-order valence-electron chi connectivity index (χ4n) is 2.37. The molecular formula is C8H15N. The van der Waals surface area contributed by atoms with Gasteiger partial charge in [-0.3, -0.25) is 0 Å². The van der Waals surface area contributed by atoms with E-state index in [9.17, 15) is 0 Å². The van der Waals surface area contributed by atoms with Gasteiger partial charge in [-0.15, -0.1) is 0 Å². The molecule has 0 saturated carbocycles. The van der Waals surface area contributed by atoms with E-state index < -0.39 is 0 Å². The maximum Gasteiger partial charge on any atom is 0.0122 e. The molecule has 2 atom stereocenters. The topological polar surface area (TPSA) is 12.0 Å². The fourth-order valence-corrected chi connectivity index (χ4v) is 2.37. The Bertz CT molecular complexity index is 129. The predicted octanol–water partition coefficient (Wildman–Crippen LogP) is 1.54. The van der Waals surface area contributed by atoms with E-state index in [0.29, 0.717) is 5.41 Å². The zero-order chi connectivity index (χ0) is 6.48. The molecule has 0 radical (unpaired) electrons. The Morgan fingerprint density at radius 2 is 2.11 bits per heavy atom. The van der Waals surface area contributed by atoms with Crippen LogP contribution in [0.25, 0.3) is 0 Å².